The molecule has 0 aliphatic rings. The van der Waals surface area contributed by atoms with E-state index in [-0.39, 0.29) is 11.4 Å². The average Bonchev–Trinajstić information content (AvgIpc) is 3.17. The molecule has 1 amide bonds. The Morgan fingerprint density at radius 3 is 2.37 bits per heavy atom. The minimum Gasteiger partial charge on any atom is -0.497 e. The van der Waals surface area contributed by atoms with Crippen molar-refractivity contribution < 1.29 is 32.2 Å². The molecule has 3 aromatic rings. The zero-order chi connectivity index (χ0) is 21.7. The first-order valence-electron chi connectivity index (χ1n) is 8.39. The Kier molecular flexibility index (Phi) is 6.31. The van der Waals surface area contributed by atoms with E-state index in [4.69, 9.17) is 9.47 Å². The van der Waals surface area contributed by atoms with Gasteiger partial charge in [0.15, 0.2) is 5.13 Å². The zero-order valence-corrected chi connectivity index (χ0v) is 16.6. The number of amides is 1. The van der Waals surface area contributed by atoms with Gasteiger partial charge in [-0.3, -0.25) is 4.79 Å². The van der Waals surface area contributed by atoms with Crippen molar-refractivity contribution in [3.8, 4) is 17.2 Å². The fraction of sp³-hybridized carbons (Fsp3) is 0.158. The number of thiazole rings is 1. The van der Waals surface area contributed by atoms with Crippen LogP contribution in [0, 0.1) is 0 Å². The summed E-state index contributed by atoms with van der Waals surface area (Å²) in [7, 11) is 2.99. The zero-order valence-electron chi connectivity index (χ0n) is 15.7. The number of carbonyl (C=O) groups is 1. The van der Waals surface area contributed by atoms with E-state index in [1.165, 1.54) is 49.8 Å². The summed E-state index contributed by atoms with van der Waals surface area (Å²) in [5.74, 6) is 0.228. The molecule has 11 heteroatoms. The van der Waals surface area contributed by atoms with E-state index in [0.717, 1.165) is 0 Å². The highest BCUT2D eigenvalue weighted by Crippen LogP contribution is 2.30. The summed E-state index contributed by atoms with van der Waals surface area (Å²) in [5, 5.41) is 7.57. The number of nitrogens with zero attached hydrogens (tertiary/aromatic N) is 1. The van der Waals surface area contributed by atoms with Crippen molar-refractivity contribution in [2.45, 2.75) is 6.36 Å². The molecular formula is C19H16F3N3O4S. The highest BCUT2D eigenvalue weighted by Gasteiger charge is 2.30. The molecule has 2 aromatic carbocycles. The average molecular weight is 439 g/mol. The van der Waals surface area contributed by atoms with Crippen LogP contribution >= 0.6 is 11.3 Å². The third kappa shape index (κ3) is 5.54. The van der Waals surface area contributed by atoms with E-state index in [1.54, 1.807) is 23.6 Å². The molecule has 3 rings (SSSR count). The van der Waals surface area contributed by atoms with Gasteiger partial charge >= 0.3 is 6.36 Å². The quantitative estimate of drug-likeness (QED) is 0.536. The molecule has 0 radical (unpaired) electrons. The number of hydrogen-bond acceptors (Lipinski definition) is 7. The number of hydrogen-bond donors (Lipinski definition) is 2. The highest BCUT2D eigenvalue weighted by atomic mass is 32.1. The largest absolute Gasteiger partial charge is 0.573 e. The van der Waals surface area contributed by atoms with Crippen LogP contribution in [0.1, 0.15) is 10.5 Å². The van der Waals surface area contributed by atoms with Gasteiger partial charge in [-0.1, -0.05) is 0 Å². The minimum atomic E-state index is -4.75. The van der Waals surface area contributed by atoms with Gasteiger partial charge in [0.05, 0.1) is 19.9 Å². The van der Waals surface area contributed by atoms with Crippen LogP contribution in [0.4, 0.5) is 29.7 Å². The van der Waals surface area contributed by atoms with E-state index in [2.05, 4.69) is 20.4 Å². The van der Waals surface area contributed by atoms with Gasteiger partial charge < -0.3 is 24.8 Å². The summed E-state index contributed by atoms with van der Waals surface area (Å²) in [5.41, 5.74) is 1.10. The van der Waals surface area contributed by atoms with Crippen molar-refractivity contribution >= 4 is 33.8 Å². The van der Waals surface area contributed by atoms with Crippen LogP contribution in [-0.2, 0) is 0 Å². The normalized spacial score (nSPS) is 11.0. The molecular weight excluding hydrogens is 423 g/mol. The van der Waals surface area contributed by atoms with Crippen molar-refractivity contribution in [2.75, 3.05) is 24.9 Å². The monoisotopic (exact) mass is 439 g/mol. The van der Waals surface area contributed by atoms with Crippen LogP contribution in [0.25, 0.3) is 0 Å². The molecule has 7 nitrogen and oxygen atoms in total. The second-order valence-electron chi connectivity index (χ2n) is 5.76. The number of methoxy groups -OCH3 is 2. The third-order valence-electron chi connectivity index (χ3n) is 3.73. The summed E-state index contributed by atoms with van der Waals surface area (Å²) in [6.07, 6.45) is -4.75. The summed E-state index contributed by atoms with van der Waals surface area (Å²) < 4.78 is 50.8. The Morgan fingerprint density at radius 1 is 1.03 bits per heavy atom. The summed E-state index contributed by atoms with van der Waals surface area (Å²) in [6, 6.07) is 10.1. The smallest absolute Gasteiger partial charge is 0.497 e. The molecule has 0 aliphatic heterocycles. The van der Waals surface area contributed by atoms with Crippen molar-refractivity contribution in [3.63, 3.8) is 0 Å². The molecule has 0 bridgehead atoms. The van der Waals surface area contributed by atoms with Crippen molar-refractivity contribution in [1.29, 1.82) is 0 Å². The molecule has 0 saturated carbocycles. The Morgan fingerprint density at radius 2 is 1.73 bits per heavy atom. The second-order valence-corrected chi connectivity index (χ2v) is 6.61. The van der Waals surface area contributed by atoms with Crippen LogP contribution in [0.2, 0.25) is 0 Å². The number of halogens is 3. The minimum absolute atomic E-state index is 0.164. The van der Waals surface area contributed by atoms with Crippen LogP contribution in [-0.4, -0.2) is 31.5 Å². The van der Waals surface area contributed by atoms with Gasteiger partial charge in [-0.05, 0) is 36.4 Å². The molecule has 0 unspecified atom stereocenters. The lowest BCUT2D eigenvalue weighted by molar-refractivity contribution is -0.274. The number of nitrogens with one attached hydrogen (secondary N) is 2. The van der Waals surface area contributed by atoms with E-state index < -0.39 is 12.3 Å². The lowest BCUT2D eigenvalue weighted by Gasteiger charge is -2.10. The number of aromatic nitrogens is 1. The molecule has 0 fully saturated rings. The Balaban J connectivity index is 1.65. The van der Waals surface area contributed by atoms with Crippen LogP contribution in [0.3, 0.4) is 0 Å². The summed E-state index contributed by atoms with van der Waals surface area (Å²) in [4.78, 5) is 16.7. The van der Waals surface area contributed by atoms with Gasteiger partial charge in [0, 0.05) is 17.1 Å². The molecule has 0 aliphatic carbocycles. The summed E-state index contributed by atoms with van der Waals surface area (Å²) in [6.45, 7) is 0. The topological polar surface area (TPSA) is 81.7 Å². The van der Waals surface area contributed by atoms with Gasteiger partial charge in [-0.25, -0.2) is 4.98 Å². The van der Waals surface area contributed by atoms with E-state index >= 15 is 0 Å². The Hall–Kier alpha value is -3.47. The first-order chi connectivity index (χ1) is 14.3. The first-order valence-corrected chi connectivity index (χ1v) is 9.27. The molecule has 0 saturated heterocycles. The second kappa shape index (κ2) is 8.91. The van der Waals surface area contributed by atoms with Crippen LogP contribution in [0.5, 0.6) is 17.2 Å². The van der Waals surface area contributed by atoms with E-state index in [9.17, 15) is 18.0 Å². The fourth-order valence-corrected chi connectivity index (χ4v) is 3.10. The van der Waals surface area contributed by atoms with Crippen molar-refractivity contribution in [2.24, 2.45) is 0 Å². The van der Waals surface area contributed by atoms with E-state index in [0.29, 0.717) is 28.0 Å². The number of rotatable bonds is 7. The lowest BCUT2D eigenvalue weighted by Crippen LogP contribution is -2.16. The lowest BCUT2D eigenvalue weighted by atomic mass is 10.2. The number of alkyl halides is 3. The van der Waals surface area contributed by atoms with Gasteiger partial charge in [0.2, 0.25) is 0 Å². The fourth-order valence-electron chi connectivity index (χ4n) is 2.39. The third-order valence-corrected chi connectivity index (χ3v) is 4.49. The highest BCUT2D eigenvalue weighted by molar-refractivity contribution is 7.14. The molecule has 1 aromatic heterocycles. The maximum Gasteiger partial charge on any atom is 0.573 e. The van der Waals surface area contributed by atoms with Crippen LogP contribution < -0.4 is 24.8 Å². The number of anilines is 3. The molecule has 30 heavy (non-hydrogen) atoms. The maximum atomic E-state index is 12.5. The molecule has 2 N–H and O–H groups in total. The number of benzene rings is 2. The predicted molar refractivity (Wildman–Crippen MR) is 106 cm³/mol. The molecule has 0 spiro atoms. The predicted octanol–water partition coefficient (Wildman–Crippen LogP) is 5.05. The standard InChI is InChI=1S/C19H16F3N3O4S/c1-27-13-7-8-14(16(9-13)28-2)24-17(26)15-10-30-18(25-15)23-11-3-5-12(6-4-11)29-19(20,21)22/h3-10H,1-2H3,(H,23,25)(H,24,26). The SMILES string of the molecule is COc1ccc(NC(=O)c2csc(Nc3ccc(OC(F)(F)F)cc3)n2)c(OC)c1. The van der Waals surface area contributed by atoms with Crippen molar-refractivity contribution in [1.82, 2.24) is 4.98 Å². The van der Waals surface area contributed by atoms with E-state index in [1.807, 2.05) is 0 Å². The Labute approximate surface area is 173 Å². The number of ether oxygens (including phenoxy) is 3. The molecule has 0 atom stereocenters. The molecule has 158 valence electrons. The van der Waals surface area contributed by atoms with Gasteiger partial charge in [0.1, 0.15) is 22.9 Å². The van der Waals surface area contributed by atoms with Gasteiger partial charge in [-0.2, -0.15) is 0 Å². The van der Waals surface area contributed by atoms with Crippen LogP contribution in [0.15, 0.2) is 47.8 Å². The summed E-state index contributed by atoms with van der Waals surface area (Å²) >= 11 is 1.17. The first kappa shape index (κ1) is 21.2. The number of carbonyl (C=O) groups excluding carboxylic acids is 1. The van der Waals surface area contributed by atoms with Gasteiger partial charge in [-0.15, -0.1) is 24.5 Å². The maximum absolute atomic E-state index is 12.5. The van der Waals surface area contributed by atoms with Gasteiger partial charge in [0.25, 0.3) is 5.91 Å². The Bertz CT molecular complexity index is 1020. The van der Waals surface area contributed by atoms with Crippen molar-refractivity contribution in [3.05, 3.63) is 53.5 Å². The molecule has 1 heterocycles.